The van der Waals surface area contributed by atoms with Gasteiger partial charge in [0.1, 0.15) is 18.3 Å². The summed E-state index contributed by atoms with van der Waals surface area (Å²) >= 11 is 0. The molecule has 10 heteroatoms. The predicted octanol–water partition coefficient (Wildman–Crippen LogP) is -2.21. The number of aliphatic carboxylic acids is 2. The van der Waals surface area contributed by atoms with Crippen molar-refractivity contribution in [1.82, 2.24) is 9.80 Å². The summed E-state index contributed by atoms with van der Waals surface area (Å²) in [6, 6.07) is -1.52. The Hall–Kier alpha value is -1.30. The second kappa shape index (κ2) is 9.07. The zero-order chi connectivity index (χ0) is 19.4. The van der Waals surface area contributed by atoms with E-state index in [4.69, 9.17) is 14.9 Å². The number of rotatable bonds is 7. The van der Waals surface area contributed by atoms with Crippen molar-refractivity contribution in [3.8, 4) is 0 Å². The highest BCUT2D eigenvalue weighted by molar-refractivity contribution is 5.97. The molecule has 0 amide bonds. The monoisotopic (exact) mass is 376 g/mol. The molecule has 0 bridgehead atoms. The van der Waals surface area contributed by atoms with Gasteiger partial charge in [-0.05, 0) is 26.3 Å². The molecule has 0 radical (unpaired) electrons. The number of aliphatic hydroxyl groups is 3. The van der Waals surface area contributed by atoms with Gasteiger partial charge >= 0.3 is 11.9 Å². The Bertz CT molecular complexity index is 483. The van der Waals surface area contributed by atoms with Crippen LogP contribution in [0.25, 0.3) is 0 Å². The number of carboxylic acid groups (broad SMARTS) is 2. The number of carboxylic acids is 2. The van der Waals surface area contributed by atoms with E-state index in [0.717, 1.165) is 0 Å². The lowest BCUT2D eigenvalue weighted by Crippen LogP contribution is -2.57. The molecule has 2 aliphatic rings. The first kappa shape index (κ1) is 21.0. The maximum absolute atomic E-state index is 11.1. The first-order valence-electron chi connectivity index (χ1n) is 8.84. The maximum atomic E-state index is 11.1. The third kappa shape index (κ3) is 4.90. The molecule has 10 nitrogen and oxygen atoms in total. The van der Waals surface area contributed by atoms with Crippen molar-refractivity contribution in [3.63, 3.8) is 0 Å². The van der Waals surface area contributed by atoms with Gasteiger partial charge in [0.15, 0.2) is 0 Å². The summed E-state index contributed by atoms with van der Waals surface area (Å²) in [5.74, 6) is -2.71. The van der Waals surface area contributed by atoms with Crippen molar-refractivity contribution in [2.24, 2.45) is 0 Å². The van der Waals surface area contributed by atoms with Crippen molar-refractivity contribution in [2.75, 3.05) is 32.7 Å². The molecular weight excluding hydrogens is 348 g/mol. The number of carbonyl (C=O) groups is 2. The first-order chi connectivity index (χ1) is 12.2. The minimum atomic E-state index is -1.52. The standard InChI is InChI=1S/C16H28N2O8/c1-9-12(19)14(21)13(20)10(26-9)3-2-4-17-5-7-18(8-6-17)11(15(22)23)16(24)25/h9-14,19-21H,2-8H2,1H3,(H,22,23)(H,24,25)/t9?,10-,12?,13?,14?/m0/s1. The molecule has 0 aromatic heterocycles. The minimum absolute atomic E-state index is 0.355. The van der Waals surface area contributed by atoms with Gasteiger partial charge in [-0.25, -0.2) is 9.59 Å². The molecular formula is C16H28N2O8. The maximum Gasteiger partial charge on any atom is 0.332 e. The van der Waals surface area contributed by atoms with Crippen LogP contribution >= 0.6 is 0 Å². The fraction of sp³-hybridized carbons (Fsp3) is 0.875. The Morgan fingerprint density at radius 3 is 2.12 bits per heavy atom. The molecule has 5 atom stereocenters. The van der Waals surface area contributed by atoms with Crippen LogP contribution in [-0.4, -0.2) is 117 Å². The van der Waals surface area contributed by atoms with Crippen molar-refractivity contribution in [3.05, 3.63) is 0 Å². The zero-order valence-corrected chi connectivity index (χ0v) is 14.8. The van der Waals surface area contributed by atoms with Crippen LogP contribution in [0.15, 0.2) is 0 Å². The molecule has 0 saturated carbocycles. The van der Waals surface area contributed by atoms with Crippen LogP contribution in [0.2, 0.25) is 0 Å². The minimum Gasteiger partial charge on any atom is -0.480 e. The van der Waals surface area contributed by atoms with Gasteiger partial charge in [-0.2, -0.15) is 0 Å². The Kier molecular flexibility index (Phi) is 7.33. The van der Waals surface area contributed by atoms with Crippen LogP contribution in [-0.2, 0) is 14.3 Å². The quantitative estimate of drug-likeness (QED) is 0.309. The fourth-order valence-corrected chi connectivity index (χ4v) is 3.55. The van der Waals surface area contributed by atoms with Crippen molar-refractivity contribution in [1.29, 1.82) is 0 Å². The van der Waals surface area contributed by atoms with Crippen molar-refractivity contribution < 1.29 is 39.9 Å². The molecule has 0 aromatic carbocycles. The first-order valence-corrected chi connectivity index (χ1v) is 8.84. The van der Waals surface area contributed by atoms with Crippen LogP contribution < -0.4 is 0 Å². The molecule has 2 saturated heterocycles. The largest absolute Gasteiger partial charge is 0.480 e. The van der Waals surface area contributed by atoms with Gasteiger partial charge in [0.05, 0.1) is 12.2 Å². The summed E-state index contributed by atoms with van der Waals surface area (Å²) in [6.07, 6.45) is -3.35. The smallest absolute Gasteiger partial charge is 0.332 e. The average molecular weight is 376 g/mol. The lowest BCUT2D eigenvalue weighted by Gasteiger charge is -2.40. The lowest BCUT2D eigenvalue weighted by molar-refractivity contribution is -0.218. The Balaban J connectivity index is 1.73. The van der Waals surface area contributed by atoms with E-state index in [-0.39, 0.29) is 0 Å². The molecule has 2 aliphatic heterocycles. The van der Waals surface area contributed by atoms with Crippen LogP contribution in [0.5, 0.6) is 0 Å². The highest BCUT2D eigenvalue weighted by Crippen LogP contribution is 2.24. The summed E-state index contributed by atoms with van der Waals surface area (Å²) in [7, 11) is 0. The summed E-state index contributed by atoms with van der Waals surface area (Å²) in [4.78, 5) is 25.7. The van der Waals surface area contributed by atoms with E-state index < -0.39 is 48.5 Å². The number of piperazine rings is 1. The van der Waals surface area contributed by atoms with Crippen LogP contribution in [0.1, 0.15) is 19.8 Å². The van der Waals surface area contributed by atoms with E-state index >= 15 is 0 Å². The molecule has 0 aromatic rings. The van der Waals surface area contributed by atoms with Gasteiger partial charge in [-0.15, -0.1) is 0 Å². The Morgan fingerprint density at radius 2 is 1.58 bits per heavy atom. The molecule has 5 N–H and O–H groups in total. The van der Waals surface area contributed by atoms with Crippen molar-refractivity contribution in [2.45, 2.75) is 56.3 Å². The van der Waals surface area contributed by atoms with Gasteiger partial charge in [0.25, 0.3) is 0 Å². The average Bonchev–Trinajstić information content (AvgIpc) is 2.58. The summed E-state index contributed by atoms with van der Waals surface area (Å²) in [5.41, 5.74) is 0. The highest BCUT2D eigenvalue weighted by atomic mass is 16.5. The number of ether oxygens (including phenoxy) is 1. The van der Waals surface area contributed by atoms with Gasteiger partial charge in [0, 0.05) is 26.2 Å². The Morgan fingerprint density at radius 1 is 1.00 bits per heavy atom. The van der Waals surface area contributed by atoms with Gasteiger partial charge in [-0.1, -0.05) is 0 Å². The van der Waals surface area contributed by atoms with E-state index in [0.29, 0.717) is 45.6 Å². The number of nitrogens with zero attached hydrogens (tertiary/aromatic N) is 2. The number of hydrogen-bond acceptors (Lipinski definition) is 8. The van der Waals surface area contributed by atoms with E-state index in [9.17, 15) is 24.9 Å². The van der Waals surface area contributed by atoms with Crippen molar-refractivity contribution >= 4 is 11.9 Å². The zero-order valence-electron chi connectivity index (χ0n) is 14.8. The molecule has 0 aliphatic carbocycles. The van der Waals surface area contributed by atoms with Crippen LogP contribution in [0.3, 0.4) is 0 Å². The normalized spacial score (nSPS) is 34.1. The number of aliphatic hydroxyl groups excluding tert-OH is 3. The molecule has 2 heterocycles. The van der Waals surface area contributed by atoms with E-state index in [2.05, 4.69) is 4.90 Å². The SMILES string of the molecule is CC1O[C@@H](CCCN2CCN(C(C(=O)O)C(=O)O)CC2)C(O)C(O)C1O. The second-order valence-electron chi connectivity index (χ2n) is 6.95. The summed E-state index contributed by atoms with van der Waals surface area (Å²) in [5, 5.41) is 47.5. The second-order valence-corrected chi connectivity index (χ2v) is 6.95. The van der Waals surface area contributed by atoms with Gasteiger partial charge in [0.2, 0.25) is 6.04 Å². The van der Waals surface area contributed by atoms with Crippen LogP contribution in [0.4, 0.5) is 0 Å². The molecule has 4 unspecified atom stereocenters. The summed E-state index contributed by atoms with van der Waals surface area (Å²) in [6.45, 7) is 4.17. The number of hydrogen-bond donors (Lipinski definition) is 5. The van der Waals surface area contributed by atoms with E-state index in [1.54, 1.807) is 6.92 Å². The van der Waals surface area contributed by atoms with Gasteiger partial charge in [-0.3, -0.25) is 4.90 Å². The third-order valence-electron chi connectivity index (χ3n) is 5.15. The topological polar surface area (TPSA) is 151 Å². The molecule has 2 fully saturated rings. The van der Waals surface area contributed by atoms with Gasteiger partial charge < -0.3 is 35.2 Å². The van der Waals surface area contributed by atoms with E-state index in [1.165, 1.54) is 4.90 Å². The van der Waals surface area contributed by atoms with Crippen LogP contribution in [0, 0.1) is 0 Å². The molecule has 150 valence electrons. The lowest BCUT2D eigenvalue weighted by atomic mass is 9.93. The third-order valence-corrected chi connectivity index (χ3v) is 5.15. The molecule has 2 rings (SSSR count). The highest BCUT2D eigenvalue weighted by Gasteiger charge is 2.41. The fourth-order valence-electron chi connectivity index (χ4n) is 3.55. The Labute approximate surface area is 151 Å². The predicted molar refractivity (Wildman–Crippen MR) is 88.7 cm³/mol. The molecule has 0 spiro atoms. The van der Waals surface area contributed by atoms with E-state index in [1.807, 2.05) is 0 Å². The summed E-state index contributed by atoms with van der Waals surface area (Å²) < 4.78 is 5.55. The molecule has 26 heavy (non-hydrogen) atoms.